The third kappa shape index (κ3) is 3.84. The fraction of sp³-hybridized carbons (Fsp3) is 0.615. The quantitative estimate of drug-likeness (QED) is 0.700. The molecule has 0 saturated heterocycles. The Bertz CT molecular complexity index is 421. The topological polar surface area (TPSA) is 70.2 Å². The number of methoxy groups -OCH3 is 1. The molecule has 0 radical (unpaired) electrons. The minimum absolute atomic E-state index is 0.366. The van der Waals surface area contributed by atoms with E-state index < -0.39 is 6.10 Å². The standard InChI is InChI=1S/C13H21N3O2/c1-10-11(6-12(7-14)16(10)2)8-15-5-4-13(17)9-18-3/h6,13,15,17H,4-5,8-9H2,1-3H3. The Hall–Kier alpha value is -1.35. The number of ether oxygens (including phenoxy) is 1. The third-order valence-corrected chi connectivity index (χ3v) is 3.08. The van der Waals surface area contributed by atoms with Crippen molar-refractivity contribution in [2.75, 3.05) is 20.3 Å². The molecule has 5 heteroatoms. The zero-order valence-corrected chi connectivity index (χ0v) is 11.2. The summed E-state index contributed by atoms with van der Waals surface area (Å²) in [6.45, 7) is 3.80. The van der Waals surface area contributed by atoms with E-state index in [1.165, 1.54) is 0 Å². The van der Waals surface area contributed by atoms with Gasteiger partial charge in [0.05, 0.1) is 12.7 Å². The van der Waals surface area contributed by atoms with Gasteiger partial charge in [-0.2, -0.15) is 5.26 Å². The van der Waals surface area contributed by atoms with Crippen molar-refractivity contribution >= 4 is 0 Å². The van der Waals surface area contributed by atoms with Gasteiger partial charge in [0, 0.05) is 26.4 Å². The first-order valence-corrected chi connectivity index (χ1v) is 6.03. The average Bonchev–Trinajstić information content (AvgIpc) is 2.62. The van der Waals surface area contributed by atoms with E-state index in [2.05, 4.69) is 11.4 Å². The number of nitriles is 1. The van der Waals surface area contributed by atoms with Crippen LogP contribution in [-0.4, -0.2) is 36.0 Å². The van der Waals surface area contributed by atoms with Crippen molar-refractivity contribution in [3.63, 3.8) is 0 Å². The molecule has 2 N–H and O–H groups in total. The number of nitrogens with one attached hydrogen (secondary N) is 1. The zero-order valence-electron chi connectivity index (χ0n) is 11.2. The number of aliphatic hydroxyl groups excluding tert-OH is 1. The van der Waals surface area contributed by atoms with Gasteiger partial charge >= 0.3 is 0 Å². The fourth-order valence-corrected chi connectivity index (χ4v) is 1.82. The summed E-state index contributed by atoms with van der Waals surface area (Å²) in [4.78, 5) is 0. The maximum atomic E-state index is 9.48. The van der Waals surface area contributed by atoms with Gasteiger partial charge in [0.1, 0.15) is 11.8 Å². The molecule has 0 aliphatic heterocycles. The van der Waals surface area contributed by atoms with Gasteiger partial charge in [-0.25, -0.2) is 0 Å². The van der Waals surface area contributed by atoms with Crippen LogP contribution in [0.5, 0.6) is 0 Å². The van der Waals surface area contributed by atoms with Crippen LogP contribution < -0.4 is 5.32 Å². The van der Waals surface area contributed by atoms with Crippen LogP contribution in [0.15, 0.2) is 6.07 Å². The number of nitrogens with zero attached hydrogens (tertiary/aromatic N) is 2. The van der Waals surface area contributed by atoms with Crippen LogP contribution in [0.2, 0.25) is 0 Å². The first kappa shape index (κ1) is 14.7. The van der Waals surface area contributed by atoms with E-state index in [4.69, 9.17) is 10.00 Å². The molecule has 0 bridgehead atoms. The van der Waals surface area contributed by atoms with Crippen molar-refractivity contribution in [2.45, 2.75) is 26.0 Å². The van der Waals surface area contributed by atoms with Gasteiger partial charge in [0.15, 0.2) is 0 Å². The van der Waals surface area contributed by atoms with Crippen LogP contribution in [0.3, 0.4) is 0 Å². The maximum Gasteiger partial charge on any atom is 0.120 e. The van der Waals surface area contributed by atoms with Crippen LogP contribution in [0.1, 0.15) is 23.4 Å². The summed E-state index contributed by atoms with van der Waals surface area (Å²) in [6, 6.07) is 4.06. The van der Waals surface area contributed by atoms with E-state index in [9.17, 15) is 5.11 Å². The molecule has 0 amide bonds. The summed E-state index contributed by atoms with van der Waals surface area (Å²) in [6.07, 6.45) is 0.235. The Labute approximate surface area is 108 Å². The molecule has 100 valence electrons. The first-order valence-electron chi connectivity index (χ1n) is 6.03. The summed E-state index contributed by atoms with van der Waals surface area (Å²) < 4.78 is 6.74. The number of aromatic nitrogens is 1. The number of aliphatic hydroxyl groups is 1. The molecule has 1 aromatic rings. The van der Waals surface area contributed by atoms with E-state index in [1.807, 2.05) is 24.6 Å². The highest BCUT2D eigenvalue weighted by Gasteiger charge is 2.08. The summed E-state index contributed by atoms with van der Waals surface area (Å²) in [5, 5.41) is 21.7. The summed E-state index contributed by atoms with van der Waals surface area (Å²) in [5.74, 6) is 0. The molecule has 18 heavy (non-hydrogen) atoms. The molecule has 0 saturated carbocycles. The molecule has 1 heterocycles. The lowest BCUT2D eigenvalue weighted by Crippen LogP contribution is -2.23. The minimum atomic E-state index is -0.422. The monoisotopic (exact) mass is 251 g/mol. The highest BCUT2D eigenvalue weighted by molar-refractivity contribution is 5.33. The molecule has 1 unspecified atom stereocenters. The van der Waals surface area contributed by atoms with Crippen molar-refractivity contribution in [3.8, 4) is 6.07 Å². The second-order valence-corrected chi connectivity index (χ2v) is 4.39. The van der Waals surface area contributed by atoms with Gasteiger partial charge < -0.3 is 19.7 Å². The van der Waals surface area contributed by atoms with E-state index >= 15 is 0 Å². The molecule has 0 spiro atoms. The SMILES string of the molecule is COCC(O)CCNCc1cc(C#N)n(C)c1C. The van der Waals surface area contributed by atoms with Gasteiger partial charge in [-0.05, 0) is 31.5 Å². The predicted octanol–water partition coefficient (Wildman–Crippen LogP) is 0.692. The zero-order chi connectivity index (χ0) is 13.5. The van der Waals surface area contributed by atoms with Gasteiger partial charge in [-0.1, -0.05) is 0 Å². The number of hydrogen-bond donors (Lipinski definition) is 2. The molecule has 1 atom stereocenters. The fourth-order valence-electron chi connectivity index (χ4n) is 1.82. The van der Waals surface area contributed by atoms with Gasteiger partial charge in [0.25, 0.3) is 0 Å². The second kappa shape index (κ2) is 7.17. The van der Waals surface area contributed by atoms with Crippen molar-refractivity contribution in [2.24, 2.45) is 7.05 Å². The number of rotatable bonds is 7. The maximum absolute atomic E-state index is 9.48. The second-order valence-electron chi connectivity index (χ2n) is 4.39. The molecular weight excluding hydrogens is 230 g/mol. The Morgan fingerprint density at radius 3 is 2.89 bits per heavy atom. The van der Waals surface area contributed by atoms with Crippen LogP contribution in [0.4, 0.5) is 0 Å². The Morgan fingerprint density at radius 2 is 2.33 bits per heavy atom. The lowest BCUT2D eigenvalue weighted by Gasteiger charge is -2.10. The number of hydrogen-bond acceptors (Lipinski definition) is 4. The summed E-state index contributed by atoms with van der Waals surface area (Å²) in [7, 11) is 3.47. The molecule has 1 aromatic heterocycles. The van der Waals surface area contributed by atoms with E-state index in [-0.39, 0.29) is 0 Å². The Kier molecular flexibility index (Phi) is 5.86. The van der Waals surface area contributed by atoms with Crippen molar-refractivity contribution in [1.29, 1.82) is 5.26 Å². The Morgan fingerprint density at radius 1 is 1.61 bits per heavy atom. The van der Waals surface area contributed by atoms with Crippen LogP contribution in [-0.2, 0) is 18.3 Å². The van der Waals surface area contributed by atoms with E-state index in [0.29, 0.717) is 25.3 Å². The lowest BCUT2D eigenvalue weighted by atomic mass is 10.2. The molecular formula is C13H21N3O2. The van der Waals surface area contributed by atoms with Crippen molar-refractivity contribution in [1.82, 2.24) is 9.88 Å². The first-order chi connectivity index (χ1) is 8.60. The van der Waals surface area contributed by atoms with E-state index in [0.717, 1.165) is 17.8 Å². The summed E-state index contributed by atoms with van der Waals surface area (Å²) in [5.41, 5.74) is 2.88. The lowest BCUT2D eigenvalue weighted by molar-refractivity contribution is 0.0594. The normalized spacial score (nSPS) is 12.4. The van der Waals surface area contributed by atoms with Crippen LogP contribution in [0, 0.1) is 18.3 Å². The third-order valence-electron chi connectivity index (χ3n) is 3.08. The molecule has 0 aliphatic carbocycles. The van der Waals surface area contributed by atoms with Crippen molar-refractivity contribution in [3.05, 3.63) is 23.0 Å². The molecule has 5 nitrogen and oxygen atoms in total. The molecule has 1 rings (SSSR count). The molecule has 0 fully saturated rings. The van der Waals surface area contributed by atoms with Crippen LogP contribution in [0.25, 0.3) is 0 Å². The Balaban J connectivity index is 2.38. The molecule has 0 aliphatic rings. The summed E-state index contributed by atoms with van der Waals surface area (Å²) >= 11 is 0. The highest BCUT2D eigenvalue weighted by atomic mass is 16.5. The van der Waals surface area contributed by atoms with Gasteiger partial charge in [-0.3, -0.25) is 0 Å². The van der Waals surface area contributed by atoms with Gasteiger partial charge in [-0.15, -0.1) is 0 Å². The molecule has 0 aromatic carbocycles. The van der Waals surface area contributed by atoms with Crippen LogP contribution >= 0.6 is 0 Å². The van der Waals surface area contributed by atoms with E-state index in [1.54, 1.807) is 7.11 Å². The predicted molar refractivity (Wildman–Crippen MR) is 69.1 cm³/mol. The minimum Gasteiger partial charge on any atom is -0.391 e. The van der Waals surface area contributed by atoms with Gasteiger partial charge in [0.2, 0.25) is 0 Å². The highest BCUT2D eigenvalue weighted by Crippen LogP contribution is 2.12. The van der Waals surface area contributed by atoms with Crippen molar-refractivity contribution < 1.29 is 9.84 Å². The smallest absolute Gasteiger partial charge is 0.120 e. The average molecular weight is 251 g/mol. The largest absolute Gasteiger partial charge is 0.391 e.